The zero-order valence-electron chi connectivity index (χ0n) is 31.7. The van der Waals surface area contributed by atoms with Gasteiger partial charge in [-0.15, -0.1) is 0 Å². The molecule has 2 heterocycles. The summed E-state index contributed by atoms with van der Waals surface area (Å²) in [5.74, 6) is 4.96. The molecule has 3 aromatic carbocycles. The van der Waals surface area contributed by atoms with Gasteiger partial charge in [0.2, 0.25) is 11.5 Å². The highest BCUT2D eigenvalue weighted by molar-refractivity contribution is 5.71. The molecule has 1 saturated carbocycles. The van der Waals surface area contributed by atoms with Crippen LogP contribution in [0, 0.1) is 5.92 Å². The third-order valence-electron chi connectivity index (χ3n) is 10.1. The molecule has 0 spiro atoms. The number of aromatic nitrogens is 2. The van der Waals surface area contributed by atoms with Gasteiger partial charge in [-0.1, -0.05) is 12.1 Å². The third-order valence-corrected chi connectivity index (χ3v) is 10.1. The van der Waals surface area contributed by atoms with Crippen molar-refractivity contribution >= 4 is 5.69 Å². The predicted molar refractivity (Wildman–Crippen MR) is 207 cm³/mol. The Kier molecular flexibility index (Phi) is 12.1. The molecule has 10 heteroatoms. The molecule has 0 radical (unpaired) electrons. The van der Waals surface area contributed by atoms with Crippen LogP contribution in [0.25, 0.3) is 22.4 Å². The third kappa shape index (κ3) is 8.22. The molecule has 0 N–H and O–H groups in total. The van der Waals surface area contributed by atoms with Gasteiger partial charge in [0.15, 0.2) is 23.0 Å². The van der Waals surface area contributed by atoms with E-state index in [-0.39, 0.29) is 0 Å². The number of benzene rings is 3. The standard InChI is InChI=1S/C43H49N3O7/c1-47-37-11-9-8-10-36(37)46(27-30-19-33(26-44-25-30)31-21-38(48-2)42(52-6)39(22-31)49-3)34-14-12-28(13-15-34)18-29-16-17-45-35(20-29)32-23-40(50-4)43(53-7)41(24-32)51-5/h8-11,16-17,19-26,28,34H,12-15,18,27H2,1-7H3. The van der Waals surface area contributed by atoms with Crippen LogP contribution >= 0.6 is 0 Å². The average molecular weight is 720 g/mol. The zero-order valence-corrected chi connectivity index (χ0v) is 31.7. The molecule has 53 heavy (non-hydrogen) atoms. The quantitative estimate of drug-likeness (QED) is 0.105. The van der Waals surface area contributed by atoms with E-state index in [0.717, 1.165) is 71.5 Å². The van der Waals surface area contributed by atoms with Crippen molar-refractivity contribution in [2.75, 3.05) is 54.7 Å². The molecule has 0 unspecified atom stereocenters. The number of ether oxygens (including phenoxy) is 7. The lowest BCUT2D eigenvalue weighted by atomic mass is 9.81. The van der Waals surface area contributed by atoms with Crippen molar-refractivity contribution in [2.24, 2.45) is 5.92 Å². The Morgan fingerprint density at radius 1 is 0.566 bits per heavy atom. The van der Waals surface area contributed by atoms with Crippen molar-refractivity contribution < 1.29 is 33.2 Å². The number of rotatable bonds is 15. The molecule has 1 aliphatic rings. The van der Waals surface area contributed by atoms with Gasteiger partial charge >= 0.3 is 0 Å². The molecule has 1 fully saturated rings. The van der Waals surface area contributed by atoms with Crippen LogP contribution in [0.2, 0.25) is 0 Å². The van der Waals surface area contributed by atoms with Gasteiger partial charge in [-0.25, -0.2) is 0 Å². The van der Waals surface area contributed by atoms with Crippen LogP contribution in [-0.2, 0) is 13.0 Å². The maximum atomic E-state index is 5.88. The Morgan fingerprint density at radius 3 is 1.74 bits per heavy atom. The minimum atomic E-state index is 0.333. The van der Waals surface area contributed by atoms with Gasteiger partial charge in [0.1, 0.15) is 5.75 Å². The summed E-state index contributed by atoms with van der Waals surface area (Å²) in [5, 5.41) is 0. The first-order valence-corrected chi connectivity index (χ1v) is 17.8. The average Bonchev–Trinajstić information content (AvgIpc) is 3.22. The van der Waals surface area contributed by atoms with Gasteiger partial charge in [-0.2, -0.15) is 0 Å². The summed E-state index contributed by atoms with van der Waals surface area (Å²) in [6, 6.07) is 22.9. The van der Waals surface area contributed by atoms with E-state index in [1.807, 2.05) is 55.0 Å². The van der Waals surface area contributed by atoms with E-state index in [2.05, 4.69) is 40.2 Å². The first-order valence-electron chi connectivity index (χ1n) is 17.8. The molecule has 0 saturated heterocycles. The number of hydrogen-bond donors (Lipinski definition) is 0. The molecule has 5 aromatic rings. The van der Waals surface area contributed by atoms with Gasteiger partial charge in [-0.05, 0) is 109 Å². The maximum absolute atomic E-state index is 5.88. The first kappa shape index (κ1) is 37.1. The van der Waals surface area contributed by atoms with Crippen LogP contribution in [0.3, 0.4) is 0 Å². The Bertz CT molecular complexity index is 1940. The molecular weight excluding hydrogens is 670 g/mol. The molecule has 1 aliphatic carbocycles. The van der Waals surface area contributed by atoms with Crippen molar-refractivity contribution in [3.63, 3.8) is 0 Å². The maximum Gasteiger partial charge on any atom is 0.203 e. The fourth-order valence-electron chi connectivity index (χ4n) is 7.44. The minimum absolute atomic E-state index is 0.333. The highest BCUT2D eigenvalue weighted by Gasteiger charge is 2.28. The van der Waals surface area contributed by atoms with Crippen molar-refractivity contribution in [3.8, 4) is 62.6 Å². The van der Waals surface area contributed by atoms with Crippen LogP contribution in [0.1, 0.15) is 36.8 Å². The summed E-state index contributed by atoms with van der Waals surface area (Å²) in [4.78, 5) is 11.9. The largest absolute Gasteiger partial charge is 0.495 e. The van der Waals surface area contributed by atoms with Gasteiger partial charge in [-0.3, -0.25) is 9.97 Å². The summed E-state index contributed by atoms with van der Waals surface area (Å²) in [5.41, 5.74) is 7.14. The van der Waals surface area contributed by atoms with Gasteiger partial charge in [0.25, 0.3) is 0 Å². The van der Waals surface area contributed by atoms with E-state index in [4.69, 9.17) is 38.1 Å². The molecule has 0 atom stereocenters. The monoisotopic (exact) mass is 719 g/mol. The summed E-state index contributed by atoms with van der Waals surface area (Å²) in [7, 11) is 11.5. The van der Waals surface area contributed by atoms with Gasteiger partial charge in [0, 0.05) is 42.3 Å². The lowest BCUT2D eigenvalue weighted by Crippen LogP contribution is -2.38. The van der Waals surface area contributed by atoms with Crippen molar-refractivity contribution in [3.05, 3.63) is 96.4 Å². The second kappa shape index (κ2) is 17.3. The molecular formula is C43H49N3O7. The number of methoxy groups -OCH3 is 7. The summed E-state index contributed by atoms with van der Waals surface area (Å²) in [6.07, 6.45) is 11.1. The molecule has 6 rings (SSSR count). The van der Waals surface area contributed by atoms with E-state index in [1.54, 1.807) is 49.8 Å². The fraction of sp³-hybridized carbons (Fsp3) is 0.349. The van der Waals surface area contributed by atoms with Crippen LogP contribution in [0.5, 0.6) is 40.2 Å². The minimum Gasteiger partial charge on any atom is -0.495 e. The lowest BCUT2D eigenvalue weighted by molar-refractivity contribution is 0.310. The van der Waals surface area contributed by atoms with Crippen molar-refractivity contribution in [1.82, 2.24) is 9.97 Å². The zero-order chi connectivity index (χ0) is 37.3. The highest BCUT2D eigenvalue weighted by Crippen LogP contribution is 2.43. The molecule has 0 aliphatic heterocycles. The van der Waals surface area contributed by atoms with Crippen LogP contribution in [-0.4, -0.2) is 65.8 Å². The Balaban J connectivity index is 1.21. The van der Waals surface area contributed by atoms with Crippen LogP contribution in [0.15, 0.2) is 85.3 Å². The van der Waals surface area contributed by atoms with Gasteiger partial charge < -0.3 is 38.1 Å². The molecule has 0 amide bonds. The highest BCUT2D eigenvalue weighted by atomic mass is 16.5. The normalized spacial score (nSPS) is 15.3. The topological polar surface area (TPSA) is 93.6 Å². The number of anilines is 1. The van der Waals surface area contributed by atoms with E-state index >= 15 is 0 Å². The van der Waals surface area contributed by atoms with E-state index in [0.29, 0.717) is 53.0 Å². The van der Waals surface area contributed by atoms with E-state index < -0.39 is 0 Å². The number of hydrogen-bond acceptors (Lipinski definition) is 10. The number of para-hydroxylation sites is 2. The first-order chi connectivity index (χ1) is 25.9. The summed E-state index contributed by atoms with van der Waals surface area (Å²) >= 11 is 0. The summed E-state index contributed by atoms with van der Waals surface area (Å²) < 4.78 is 39.4. The SMILES string of the molecule is COc1ccccc1N(Cc1cncc(-c2cc(OC)c(OC)c(OC)c2)c1)C1CCC(Cc2ccnc(-c3cc(OC)c(OC)c(OC)c3)c2)CC1. The Labute approximate surface area is 312 Å². The second-order valence-corrected chi connectivity index (χ2v) is 13.1. The lowest BCUT2D eigenvalue weighted by Gasteiger charge is -2.39. The van der Waals surface area contributed by atoms with Crippen molar-refractivity contribution in [2.45, 2.75) is 44.7 Å². The van der Waals surface area contributed by atoms with E-state index in [9.17, 15) is 0 Å². The fourth-order valence-corrected chi connectivity index (χ4v) is 7.44. The Hall–Kier alpha value is -5.64. The summed E-state index contributed by atoms with van der Waals surface area (Å²) in [6.45, 7) is 0.684. The van der Waals surface area contributed by atoms with Crippen LogP contribution < -0.4 is 38.1 Å². The molecule has 0 bridgehead atoms. The number of nitrogens with zero attached hydrogens (tertiary/aromatic N) is 3. The van der Waals surface area contributed by atoms with Gasteiger partial charge in [0.05, 0.1) is 61.1 Å². The molecule has 2 aromatic heterocycles. The van der Waals surface area contributed by atoms with E-state index in [1.165, 1.54) is 5.56 Å². The smallest absolute Gasteiger partial charge is 0.203 e. The van der Waals surface area contributed by atoms with Crippen molar-refractivity contribution in [1.29, 1.82) is 0 Å². The molecule has 10 nitrogen and oxygen atoms in total. The predicted octanol–water partition coefficient (Wildman–Crippen LogP) is 8.68. The second-order valence-electron chi connectivity index (χ2n) is 13.1. The number of pyridine rings is 2. The Morgan fingerprint density at radius 2 is 1.15 bits per heavy atom. The molecule has 278 valence electrons. The van der Waals surface area contributed by atoms with Crippen LogP contribution in [0.4, 0.5) is 5.69 Å².